The summed E-state index contributed by atoms with van der Waals surface area (Å²) in [7, 11) is -3.58. The molecule has 0 aliphatic rings. The lowest BCUT2D eigenvalue weighted by atomic mass is 10.2. The molecule has 0 aliphatic carbocycles. The minimum atomic E-state index is -3.58. The summed E-state index contributed by atoms with van der Waals surface area (Å²) < 4.78 is 26.7. The van der Waals surface area contributed by atoms with E-state index in [1.807, 2.05) is 6.92 Å². The molecule has 0 aliphatic heterocycles. The first-order valence-corrected chi connectivity index (χ1v) is 7.06. The van der Waals surface area contributed by atoms with Gasteiger partial charge in [-0.3, -0.25) is 4.72 Å². The maximum atomic E-state index is 12.1. The normalized spacial score (nSPS) is 11.0. The summed E-state index contributed by atoms with van der Waals surface area (Å²) in [6.07, 6.45) is 0. The highest BCUT2D eigenvalue weighted by molar-refractivity contribution is 7.92. The highest BCUT2D eigenvalue weighted by Gasteiger charge is 2.13. The Kier molecular flexibility index (Phi) is 3.62. The van der Waals surface area contributed by atoms with E-state index in [0.717, 1.165) is 5.56 Å². The van der Waals surface area contributed by atoms with Crippen LogP contribution in [-0.4, -0.2) is 8.42 Å². The van der Waals surface area contributed by atoms with Crippen LogP contribution in [0.2, 0.25) is 0 Å². The number of hydrogen-bond acceptors (Lipinski definition) is 4. The Morgan fingerprint density at radius 1 is 1.00 bits per heavy atom. The van der Waals surface area contributed by atoms with Crippen LogP contribution >= 0.6 is 0 Å². The van der Waals surface area contributed by atoms with Crippen LogP contribution in [0, 0.1) is 12.5 Å². The zero-order chi connectivity index (χ0) is 13.9. The molecule has 98 valence electrons. The van der Waals surface area contributed by atoms with Gasteiger partial charge in [0.25, 0.3) is 10.0 Å². The van der Waals surface area contributed by atoms with Crippen LogP contribution in [0.1, 0.15) is 5.56 Å². The highest BCUT2D eigenvalue weighted by Crippen LogP contribution is 2.19. The molecule has 19 heavy (non-hydrogen) atoms. The molecule has 0 radical (unpaired) electrons. The zero-order valence-electron chi connectivity index (χ0n) is 10.3. The Morgan fingerprint density at radius 2 is 1.58 bits per heavy atom. The predicted octanol–water partition coefficient (Wildman–Crippen LogP) is 3.46. The summed E-state index contributed by atoms with van der Waals surface area (Å²) >= 11 is 0. The largest absolute Gasteiger partial charge is 0.280 e. The van der Waals surface area contributed by atoms with Gasteiger partial charge in [-0.15, -0.1) is 0 Å². The minimum Gasteiger partial charge on any atom is -0.280 e. The Hall–Kier alpha value is -2.21. The van der Waals surface area contributed by atoms with E-state index in [2.05, 4.69) is 9.84 Å². The number of nitrogens with zero attached hydrogens (tertiary/aromatic N) is 1. The fraction of sp³-hybridized carbons (Fsp3) is 0.0769. The quantitative estimate of drug-likeness (QED) is 0.838. The fourth-order valence-corrected chi connectivity index (χ4v) is 2.59. The zero-order valence-corrected chi connectivity index (χ0v) is 11.1. The molecule has 2 aromatic rings. The molecule has 2 aromatic carbocycles. The second-order valence-electron chi connectivity index (χ2n) is 4.08. The Bertz CT molecular complexity index is 677. The maximum Gasteiger partial charge on any atom is 0.261 e. The Labute approximate surface area is 111 Å². The summed E-state index contributed by atoms with van der Waals surface area (Å²) in [5, 5.41) is 3.25. The number of anilines is 1. The first-order chi connectivity index (χ1) is 9.01. The van der Waals surface area contributed by atoms with Crippen LogP contribution in [-0.2, 0) is 10.0 Å². The van der Waals surface area contributed by atoms with E-state index in [1.54, 1.807) is 48.5 Å². The van der Waals surface area contributed by atoms with E-state index in [1.165, 1.54) is 0 Å². The van der Waals surface area contributed by atoms with Crippen molar-refractivity contribution < 1.29 is 8.42 Å². The van der Waals surface area contributed by atoms with Gasteiger partial charge in [0.1, 0.15) is 0 Å². The van der Waals surface area contributed by atoms with Crippen molar-refractivity contribution in [3.05, 3.63) is 54.1 Å². The fourth-order valence-electron chi connectivity index (χ4n) is 1.54. The number of benzene rings is 2. The second kappa shape index (κ2) is 5.19. The molecule has 0 atom stereocenters. The molecule has 0 amide bonds. The summed E-state index contributed by atoms with van der Waals surface area (Å²) in [6.45, 7) is 1.90. The summed E-state index contributed by atoms with van der Waals surface area (Å²) in [6, 6.07) is 12.9. The number of nitrogens with one attached hydrogen (secondary N) is 2. The van der Waals surface area contributed by atoms with Gasteiger partial charge in [-0.2, -0.15) is 5.11 Å². The molecule has 5 nitrogen and oxygen atoms in total. The molecule has 0 fully saturated rings. The summed E-state index contributed by atoms with van der Waals surface area (Å²) in [5.41, 5.74) is 8.74. The van der Waals surface area contributed by atoms with Crippen LogP contribution in [0.5, 0.6) is 0 Å². The standard InChI is InChI=1S/C13H13N3O2S/c1-10-2-8-13(9-3-10)19(17,18)16-12-6-4-11(15-14)5-7-12/h2-9,14,16H,1H3. The first-order valence-electron chi connectivity index (χ1n) is 5.58. The first kappa shape index (κ1) is 13.2. The van der Waals surface area contributed by atoms with E-state index in [-0.39, 0.29) is 4.90 Å². The molecule has 0 bridgehead atoms. The van der Waals surface area contributed by atoms with Gasteiger partial charge in [0.05, 0.1) is 10.6 Å². The van der Waals surface area contributed by atoms with Gasteiger partial charge in [-0.25, -0.2) is 13.9 Å². The number of sulfonamides is 1. The minimum absolute atomic E-state index is 0.215. The topological polar surface area (TPSA) is 82.4 Å². The second-order valence-corrected chi connectivity index (χ2v) is 5.76. The molecular formula is C13H13N3O2S. The Balaban J connectivity index is 2.25. The van der Waals surface area contributed by atoms with E-state index < -0.39 is 10.0 Å². The number of hydrogen-bond donors (Lipinski definition) is 2. The van der Waals surface area contributed by atoms with Crippen molar-refractivity contribution in [2.24, 2.45) is 5.11 Å². The van der Waals surface area contributed by atoms with Crippen molar-refractivity contribution >= 4 is 21.4 Å². The molecular weight excluding hydrogens is 262 g/mol. The SMILES string of the molecule is Cc1ccc(S(=O)(=O)Nc2ccc(N=N)cc2)cc1. The van der Waals surface area contributed by atoms with Gasteiger partial charge in [-0.1, -0.05) is 17.7 Å². The predicted molar refractivity (Wildman–Crippen MR) is 73.2 cm³/mol. The van der Waals surface area contributed by atoms with Crippen LogP contribution in [0.3, 0.4) is 0 Å². The third-order valence-electron chi connectivity index (χ3n) is 2.58. The molecule has 0 saturated carbocycles. The van der Waals surface area contributed by atoms with Gasteiger partial charge in [0.2, 0.25) is 0 Å². The average molecular weight is 275 g/mol. The molecule has 2 rings (SSSR count). The average Bonchev–Trinajstić information content (AvgIpc) is 2.40. The van der Waals surface area contributed by atoms with Crippen molar-refractivity contribution in [1.29, 1.82) is 5.53 Å². The maximum absolute atomic E-state index is 12.1. The molecule has 6 heteroatoms. The molecule has 0 aromatic heterocycles. The summed E-state index contributed by atoms with van der Waals surface area (Å²) in [5.74, 6) is 0. The molecule has 2 N–H and O–H groups in total. The van der Waals surface area contributed by atoms with Crippen molar-refractivity contribution in [2.75, 3.05) is 4.72 Å². The van der Waals surface area contributed by atoms with Gasteiger partial charge in [0, 0.05) is 5.69 Å². The summed E-state index contributed by atoms with van der Waals surface area (Å²) in [4.78, 5) is 0.215. The monoisotopic (exact) mass is 275 g/mol. The van der Waals surface area contributed by atoms with Crippen LogP contribution in [0.4, 0.5) is 11.4 Å². The number of rotatable bonds is 4. The van der Waals surface area contributed by atoms with Gasteiger partial charge in [-0.05, 0) is 43.3 Å². The van der Waals surface area contributed by atoms with Gasteiger partial charge < -0.3 is 0 Å². The van der Waals surface area contributed by atoms with Crippen LogP contribution in [0.25, 0.3) is 0 Å². The third kappa shape index (κ3) is 3.17. The van der Waals surface area contributed by atoms with E-state index in [4.69, 9.17) is 5.53 Å². The van der Waals surface area contributed by atoms with Crippen LogP contribution in [0.15, 0.2) is 58.5 Å². The molecule has 0 saturated heterocycles. The van der Waals surface area contributed by atoms with Crippen LogP contribution < -0.4 is 4.72 Å². The van der Waals surface area contributed by atoms with E-state index in [0.29, 0.717) is 11.4 Å². The lowest BCUT2D eigenvalue weighted by Gasteiger charge is -2.08. The van der Waals surface area contributed by atoms with Crippen molar-refractivity contribution in [3.8, 4) is 0 Å². The van der Waals surface area contributed by atoms with Crippen molar-refractivity contribution in [3.63, 3.8) is 0 Å². The highest BCUT2D eigenvalue weighted by atomic mass is 32.2. The Morgan fingerprint density at radius 3 is 2.11 bits per heavy atom. The van der Waals surface area contributed by atoms with Gasteiger partial charge >= 0.3 is 0 Å². The molecule has 0 spiro atoms. The molecule has 0 unspecified atom stereocenters. The van der Waals surface area contributed by atoms with E-state index in [9.17, 15) is 8.42 Å². The molecule has 0 heterocycles. The van der Waals surface area contributed by atoms with Crippen molar-refractivity contribution in [1.82, 2.24) is 0 Å². The third-order valence-corrected chi connectivity index (χ3v) is 3.98. The smallest absolute Gasteiger partial charge is 0.261 e. The van der Waals surface area contributed by atoms with Crippen molar-refractivity contribution in [2.45, 2.75) is 11.8 Å². The van der Waals surface area contributed by atoms with E-state index >= 15 is 0 Å². The lowest BCUT2D eigenvalue weighted by molar-refractivity contribution is 0.601. The lowest BCUT2D eigenvalue weighted by Crippen LogP contribution is -2.12. The van der Waals surface area contributed by atoms with Gasteiger partial charge in [0.15, 0.2) is 0 Å². The number of aryl methyl sites for hydroxylation is 1.